The van der Waals surface area contributed by atoms with Gasteiger partial charge in [-0.05, 0) is 51.7 Å². The number of ether oxygens (including phenoxy) is 1. The second-order valence-corrected chi connectivity index (χ2v) is 7.64. The van der Waals surface area contributed by atoms with Crippen LogP contribution < -0.4 is 15.4 Å². The van der Waals surface area contributed by atoms with Crippen molar-refractivity contribution in [3.63, 3.8) is 0 Å². The van der Waals surface area contributed by atoms with Gasteiger partial charge in [0.2, 0.25) is 0 Å². The number of fused-ring (bicyclic) bond motifs is 1. The van der Waals surface area contributed by atoms with Crippen molar-refractivity contribution in [1.29, 1.82) is 0 Å². The average Bonchev–Trinajstić information content (AvgIpc) is 3.14. The summed E-state index contributed by atoms with van der Waals surface area (Å²) >= 11 is 0. The maximum Gasteiger partial charge on any atom is 0.191 e. The zero-order valence-corrected chi connectivity index (χ0v) is 18.2. The van der Waals surface area contributed by atoms with Crippen molar-refractivity contribution >= 4 is 5.96 Å². The molecule has 29 heavy (non-hydrogen) atoms. The number of aromatic nitrogens is 3. The number of nitrogens with one attached hydrogen (secondary N) is 2. The van der Waals surface area contributed by atoms with Gasteiger partial charge in [0.25, 0.3) is 0 Å². The number of guanidine groups is 1. The first-order valence-electron chi connectivity index (χ1n) is 10.8. The highest BCUT2D eigenvalue weighted by molar-refractivity contribution is 5.79. The molecule has 2 aromatic rings. The number of rotatable bonds is 8. The number of benzene rings is 1. The van der Waals surface area contributed by atoms with Gasteiger partial charge >= 0.3 is 0 Å². The molecule has 1 aromatic carbocycles. The van der Waals surface area contributed by atoms with E-state index in [4.69, 9.17) is 9.73 Å². The van der Waals surface area contributed by atoms with Crippen molar-refractivity contribution in [3.05, 3.63) is 41.0 Å². The van der Waals surface area contributed by atoms with E-state index in [1.165, 1.54) is 18.4 Å². The van der Waals surface area contributed by atoms with E-state index in [1.54, 1.807) is 0 Å². The third-order valence-corrected chi connectivity index (χ3v) is 5.23. The van der Waals surface area contributed by atoms with Gasteiger partial charge in [0, 0.05) is 25.1 Å². The number of hydrogen-bond donors (Lipinski definition) is 2. The maximum absolute atomic E-state index is 6.12. The van der Waals surface area contributed by atoms with Crippen LogP contribution in [0.2, 0.25) is 0 Å². The lowest BCUT2D eigenvalue weighted by Gasteiger charge is -2.17. The molecule has 0 fully saturated rings. The molecule has 0 spiro atoms. The molecule has 1 aliphatic heterocycles. The zero-order valence-electron chi connectivity index (χ0n) is 18.2. The molecule has 1 unspecified atom stereocenters. The van der Waals surface area contributed by atoms with Gasteiger partial charge in [-0.1, -0.05) is 19.1 Å². The van der Waals surface area contributed by atoms with Gasteiger partial charge < -0.3 is 19.9 Å². The first-order valence-corrected chi connectivity index (χ1v) is 10.8. The lowest BCUT2D eigenvalue weighted by Crippen LogP contribution is -2.37. The van der Waals surface area contributed by atoms with Gasteiger partial charge in [-0.3, -0.25) is 0 Å². The Bertz CT molecular complexity index is 829. The Morgan fingerprint density at radius 1 is 1.24 bits per heavy atom. The lowest BCUT2D eigenvalue weighted by atomic mass is 10.1. The van der Waals surface area contributed by atoms with E-state index in [2.05, 4.69) is 71.3 Å². The van der Waals surface area contributed by atoms with Crippen LogP contribution in [-0.4, -0.2) is 33.4 Å². The van der Waals surface area contributed by atoms with E-state index in [0.29, 0.717) is 13.1 Å². The van der Waals surface area contributed by atoms with E-state index < -0.39 is 0 Å². The molecule has 2 N–H and O–H groups in total. The maximum atomic E-state index is 6.12. The van der Waals surface area contributed by atoms with E-state index >= 15 is 0 Å². The fourth-order valence-electron chi connectivity index (χ4n) is 3.37. The summed E-state index contributed by atoms with van der Waals surface area (Å²) in [5.41, 5.74) is 2.28. The monoisotopic (exact) mass is 398 g/mol. The Hall–Kier alpha value is -2.57. The molecule has 158 valence electrons. The molecule has 0 bridgehead atoms. The molecule has 1 aromatic heterocycles. The second kappa shape index (κ2) is 10.3. The van der Waals surface area contributed by atoms with Gasteiger partial charge in [-0.25, -0.2) is 4.99 Å². The fourth-order valence-corrected chi connectivity index (χ4v) is 3.37. The predicted octanol–water partition coefficient (Wildman–Crippen LogP) is 3.36. The van der Waals surface area contributed by atoms with Crippen LogP contribution in [0.15, 0.2) is 23.2 Å². The lowest BCUT2D eigenvalue weighted by molar-refractivity contribution is 0.215. The molecule has 1 atom stereocenters. The number of aryl methyl sites for hydroxylation is 2. The highest BCUT2D eigenvalue weighted by Gasteiger charge is 2.15. The minimum atomic E-state index is 0.185. The minimum Gasteiger partial charge on any atom is -0.490 e. The van der Waals surface area contributed by atoms with Crippen LogP contribution in [0, 0.1) is 6.92 Å². The molecular formula is C22H34N6O. The molecule has 7 heteroatoms. The SMILES string of the molecule is CCNC(=NCc1ccc(C)cc1OC(C)CC)NCc1nnc2n1CCCC2. The summed E-state index contributed by atoms with van der Waals surface area (Å²) < 4.78 is 8.35. The van der Waals surface area contributed by atoms with E-state index in [0.717, 1.165) is 54.9 Å². The molecule has 0 aliphatic carbocycles. The standard InChI is InChI=1S/C22H34N6O/c1-5-17(4)29-19-13-16(3)10-11-18(19)14-24-22(23-6-2)25-15-21-27-26-20-9-7-8-12-28(20)21/h10-11,13,17H,5-9,12,14-15H2,1-4H3,(H2,23,24,25). The first-order chi connectivity index (χ1) is 14.1. The molecule has 0 amide bonds. The second-order valence-electron chi connectivity index (χ2n) is 7.64. The van der Waals surface area contributed by atoms with E-state index in [1.807, 2.05) is 0 Å². The normalized spacial score (nSPS) is 15.0. The van der Waals surface area contributed by atoms with Crippen LogP contribution in [0.3, 0.4) is 0 Å². The highest BCUT2D eigenvalue weighted by atomic mass is 16.5. The first kappa shape index (κ1) is 21.1. The summed E-state index contributed by atoms with van der Waals surface area (Å²) in [6, 6.07) is 6.31. The van der Waals surface area contributed by atoms with Crippen LogP contribution >= 0.6 is 0 Å². The predicted molar refractivity (Wildman–Crippen MR) is 116 cm³/mol. The third kappa shape index (κ3) is 5.71. The van der Waals surface area contributed by atoms with Crippen LogP contribution in [-0.2, 0) is 26.1 Å². The molecule has 0 saturated carbocycles. The van der Waals surface area contributed by atoms with Gasteiger partial charge in [0.15, 0.2) is 11.8 Å². The Balaban J connectivity index is 1.68. The summed E-state index contributed by atoms with van der Waals surface area (Å²) in [6.45, 7) is 11.4. The molecule has 3 rings (SSSR count). The summed E-state index contributed by atoms with van der Waals surface area (Å²) in [5, 5.41) is 15.4. The van der Waals surface area contributed by atoms with Crippen LogP contribution in [0.4, 0.5) is 0 Å². The highest BCUT2D eigenvalue weighted by Crippen LogP contribution is 2.23. The van der Waals surface area contributed by atoms with Crippen molar-refractivity contribution in [1.82, 2.24) is 25.4 Å². The Morgan fingerprint density at radius 3 is 2.90 bits per heavy atom. The Morgan fingerprint density at radius 2 is 2.10 bits per heavy atom. The molecule has 0 radical (unpaired) electrons. The summed E-state index contributed by atoms with van der Waals surface area (Å²) in [7, 11) is 0. The van der Waals surface area contributed by atoms with Crippen LogP contribution in [0.1, 0.15) is 62.8 Å². The van der Waals surface area contributed by atoms with E-state index in [9.17, 15) is 0 Å². The summed E-state index contributed by atoms with van der Waals surface area (Å²) in [6.07, 6.45) is 4.58. The largest absolute Gasteiger partial charge is 0.490 e. The molecule has 1 aliphatic rings. The number of nitrogens with zero attached hydrogens (tertiary/aromatic N) is 4. The molecule has 2 heterocycles. The Kier molecular flexibility index (Phi) is 7.49. The van der Waals surface area contributed by atoms with Crippen molar-refractivity contribution in [3.8, 4) is 5.75 Å². The van der Waals surface area contributed by atoms with Gasteiger partial charge in [0.1, 0.15) is 11.6 Å². The molecule has 7 nitrogen and oxygen atoms in total. The smallest absolute Gasteiger partial charge is 0.191 e. The average molecular weight is 399 g/mol. The summed E-state index contributed by atoms with van der Waals surface area (Å²) in [4.78, 5) is 4.78. The van der Waals surface area contributed by atoms with E-state index in [-0.39, 0.29) is 6.10 Å². The quantitative estimate of drug-likeness (QED) is 0.527. The van der Waals surface area contributed by atoms with Crippen molar-refractivity contribution in [2.24, 2.45) is 4.99 Å². The molecular weight excluding hydrogens is 364 g/mol. The van der Waals surface area contributed by atoms with Crippen LogP contribution in [0.5, 0.6) is 5.75 Å². The third-order valence-electron chi connectivity index (χ3n) is 5.23. The summed E-state index contributed by atoms with van der Waals surface area (Å²) in [5.74, 6) is 3.77. The van der Waals surface area contributed by atoms with Crippen LogP contribution in [0.25, 0.3) is 0 Å². The van der Waals surface area contributed by atoms with Gasteiger partial charge in [-0.15, -0.1) is 10.2 Å². The Labute approximate surface area is 174 Å². The zero-order chi connectivity index (χ0) is 20.6. The van der Waals surface area contributed by atoms with Gasteiger partial charge in [0.05, 0.1) is 19.2 Å². The topological polar surface area (TPSA) is 76.4 Å². The van der Waals surface area contributed by atoms with Crippen molar-refractivity contribution in [2.45, 2.75) is 79.1 Å². The number of hydrogen-bond acceptors (Lipinski definition) is 4. The molecule has 0 saturated heterocycles. The van der Waals surface area contributed by atoms with Gasteiger partial charge in [-0.2, -0.15) is 0 Å². The number of aliphatic imine (C=N–C) groups is 1. The minimum absolute atomic E-state index is 0.185. The fraction of sp³-hybridized carbons (Fsp3) is 0.591. The van der Waals surface area contributed by atoms with Crippen molar-refractivity contribution < 1.29 is 4.74 Å². The van der Waals surface area contributed by atoms with Crippen molar-refractivity contribution in [2.75, 3.05) is 6.54 Å².